The second-order valence-electron chi connectivity index (χ2n) is 7.40. The van der Waals surface area contributed by atoms with E-state index in [1.165, 1.54) is 0 Å². The molecule has 3 rings (SSSR count). The summed E-state index contributed by atoms with van der Waals surface area (Å²) in [5.41, 5.74) is -1.55. The Kier molecular flexibility index (Phi) is 6.59. The molecule has 0 amide bonds. The van der Waals surface area contributed by atoms with E-state index in [2.05, 4.69) is 4.74 Å². The number of aryl methyl sites for hydroxylation is 1. The van der Waals surface area contributed by atoms with Gasteiger partial charge in [0.2, 0.25) is 0 Å². The van der Waals surface area contributed by atoms with Gasteiger partial charge in [-0.25, -0.2) is 22.0 Å². The van der Waals surface area contributed by atoms with Gasteiger partial charge in [0.1, 0.15) is 11.3 Å². The Morgan fingerprint density at radius 2 is 1.63 bits per heavy atom. The first-order chi connectivity index (χ1) is 14.1. The SMILES string of the molecule is CC1CCC(CCc2ccc(C(F)(F)Oc3cc(F)c(F)c(F)c3)c(F)c2F)OC1. The fourth-order valence-electron chi connectivity index (χ4n) is 3.28. The van der Waals surface area contributed by atoms with Crippen LogP contribution in [0.4, 0.5) is 30.7 Å². The Bertz CT molecular complexity index is 885. The van der Waals surface area contributed by atoms with Gasteiger partial charge in [0.05, 0.1) is 6.10 Å². The lowest BCUT2D eigenvalue weighted by atomic mass is 9.96. The lowest BCUT2D eigenvalue weighted by molar-refractivity contribution is -0.188. The normalized spacial score (nSPS) is 19.7. The molecule has 0 bridgehead atoms. The van der Waals surface area contributed by atoms with Crippen LogP contribution in [0.3, 0.4) is 0 Å². The number of ether oxygens (including phenoxy) is 2. The number of benzene rings is 2. The minimum absolute atomic E-state index is 0.0862. The number of hydrogen-bond acceptors (Lipinski definition) is 2. The van der Waals surface area contributed by atoms with Crippen molar-refractivity contribution >= 4 is 0 Å². The molecule has 0 aliphatic carbocycles. The standard InChI is InChI=1S/C21H19F7O2/c1-11-2-5-13(29-10-11)6-3-12-4-7-15(19(25)18(12)24)21(27,28)30-14-8-16(22)20(26)17(23)9-14/h4,7-9,11,13H,2-3,5-6,10H2,1H3. The van der Waals surface area contributed by atoms with E-state index in [0.29, 0.717) is 25.0 Å². The van der Waals surface area contributed by atoms with Crippen molar-refractivity contribution in [3.05, 3.63) is 64.5 Å². The van der Waals surface area contributed by atoms with Crippen molar-refractivity contribution in [1.29, 1.82) is 0 Å². The zero-order chi connectivity index (χ0) is 22.1. The first-order valence-corrected chi connectivity index (χ1v) is 9.38. The van der Waals surface area contributed by atoms with Gasteiger partial charge in [-0.3, -0.25) is 0 Å². The summed E-state index contributed by atoms with van der Waals surface area (Å²) in [6, 6.07) is 2.01. The number of rotatable bonds is 6. The lowest BCUT2D eigenvalue weighted by Gasteiger charge is -2.27. The van der Waals surface area contributed by atoms with Crippen molar-refractivity contribution < 1.29 is 40.2 Å². The Labute approximate surface area is 168 Å². The molecule has 0 spiro atoms. The van der Waals surface area contributed by atoms with Crippen LogP contribution in [0.15, 0.2) is 24.3 Å². The Morgan fingerprint density at radius 1 is 0.967 bits per heavy atom. The molecule has 1 fully saturated rings. The van der Waals surface area contributed by atoms with E-state index in [9.17, 15) is 30.7 Å². The Morgan fingerprint density at radius 3 is 2.23 bits per heavy atom. The predicted octanol–water partition coefficient (Wildman–Crippen LogP) is 6.26. The summed E-state index contributed by atoms with van der Waals surface area (Å²) in [6.07, 6.45) is -2.35. The molecule has 2 nitrogen and oxygen atoms in total. The third-order valence-electron chi connectivity index (χ3n) is 5.01. The van der Waals surface area contributed by atoms with Crippen molar-refractivity contribution in [1.82, 2.24) is 0 Å². The van der Waals surface area contributed by atoms with Crippen LogP contribution in [0.1, 0.15) is 37.3 Å². The summed E-state index contributed by atoms with van der Waals surface area (Å²) in [5.74, 6) is -9.34. The van der Waals surface area contributed by atoms with E-state index in [0.717, 1.165) is 18.9 Å². The van der Waals surface area contributed by atoms with Crippen molar-refractivity contribution in [2.24, 2.45) is 5.92 Å². The molecule has 164 valence electrons. The molecule has 2 aromatic carbocycles. The van der Waals surface area contributed by atoms with Gasteiger partial charge in [-0.15, -0.1) is 0 Å². The van der Waals surface area contributed by atoms with E-state index in [4.69, 9.17) is 4.74 Å². The molecule has 0 N–H and O–H groups in total. The molecule has 9 heteroatoms. The summed E-state index contributed by atoms with van der Waals surface area (Å²) >= 11 is 0. The molecule has 2 aromatic rings. The van der Waals surface area contributed by atoms with Crippen LogP contribution >= 0.6 is 0 Å². The maximum absolute atomic E-state index is 14.4. The molecule has 30 heavy (non-hydrogen) atoms. The fourth-order valence-corrected chi connectivity index (χ4v) is 3.28. The highest BCUT2D eigenvalue weighted by Gasteiger charge is 2.39. The fraction of sp³-hybridized carbons (Fsp3) is 0.429. The third-order valence-corrected chi connectivity index (χ3v) is 5.01. The van der Waals surface area contributed by atoms with Crippen LogP contribution < -0.4 is 4.74 Å². The summed E-state index contributed by atoms with van der Waals surface area (Å²) < 4.78 is 106. The van der Waals surface area contributed by atoms with Gasteiger partial charge in [0.25, 0.3) is 0 Å². The van der Waals surface area contributed by atoms with Gasteiger partial charge in [-0.05, 0) is 43.2 Å². The average molecular weight is 436 g/mol. The van der Waals surface area contributed by atoms with Crippen molar-refractivity contribution in [3.63, 3.8) is 0 Å². The smallest absolute Gasteiger partial charge is 0.429 e. The maximum atomic E-state index is 14.4. The second kappa shape index (κ2) is 8.83. The largest absolute Gasteiger partial charge is 0.429 e. The van der Waals surface area contributed by atoms with Crippen LogP contribution in [-0.4, -0.2) is 12.7 Å². The Balaban J connectivity index is 1.75. The van der Waals surface area contributed by atoms with E-state index in [-0.39, 0.29) is 30.2 Å². The minimum atomic E-state index is -4.46. The van der Waals surface area contributed by atoms with Gasteiger partial charge in [-0.2, -0.15) is 8.78 Å². The zero-order valence-corrected chi connectivity index (χ0v) is 16.0. The quantitative estimate of drug-likeness (QED) is 0.393. The van der Waals surface area contributed by atoms with E-state index < -0.39 is 46.5 Å². The first-order valence-electron chi connectivity index (χ1n) is 9.38. The van der Waals surface area contributed by atoms with Gasteiger partial charge < -0.3 is 9.47 Å². The van der Waals surface area contributed by atoms with Crippen LogP contribution in [0.25, 0.3) is 0 Å². The minimum Gasteiger partial charge on any atom is -0.429 e. The van der Waals surface area contributed by atoms with E-state index >= 15 is 0 Å². The van der Waals surface area contributed by atoms with Crippen molar-refractivity contribution in [3.8, 4) is 5.75 Å². The molecule has 1 aliphatic heterocycles. The highest BCUT2D eigenvalue weighted by atomic mass is 19.3. The van der Waals surface area contributed by atoms with Crippen LogP contribution in [0.2, 0.25) is 0 Å². The second-order valence-corrected chi connectivity index (χ2v) is 7.40. The third kappa shape index (κ3) is 4.88. The molecule has 1 saturated heterocycles. The molecule has 0 saturated carbocycles. The van der Waals surface area contributed by atoms with E-state index in [1.807, 2.05) is 6.92 Å². The van der Waals surface area contributed by atoms with Gasteiger partial charge in [0.15, 0.2) is 29.1 Å². The highest BCUT2D eigenvalue weighted by molar-refractivity contribution is 5.31. The number of hydrogen-bond donors (Lipinski definition) is 0. The van der Waals surface area contributed by atoms with E-state index in [1.54, 1.807) is 0 Å². The molecule has 2 unspecified atom stereocenters. The summed E-state index contributed by atoms with van der Waals surface area (Å²) in [4.78, 5) is 0. The average Bonchev–Trinajstić information content (AvgIpc) is 2.68. The van der Waals surface area contributed by atoms with Crippen LogP contribution in [-0.2, 0) is 17.3 Å². The highest BCUT2D eigenvalue weighted by Crippen LogP contribution is 2.36. The zero-order valence-electron chi connectivity index (χ0n) is 16.0. The molecular formula is C21H19F7O2. The van der Waals surface area contributed by atoms with Crippen LogP contribution in [0.5, 0.6) is 5.75 Å². The summed E-state index contributed by atoms with van der Waals surface area (Å²) in [7, 11) is 0. The number of alkyl halides is 2. The summed E-state index contributed by atoms with van der Waals surface area (Å²) in [5, 5.41) is 0. The van der Waals surface area contributed by atoms with Crippen molar-refractivity contribution in [2.45, 2.75) is 44.8 Å². The van der Waals surface area contributed by atoms with Gasteiger partial charge >= 0.3 is 6.11 Å². The predicted molar refractivity (Wildman–Crippen MR) is 93.7 cm³/mol. The Hall–Kier alpha value is -2.29. The van der Waals surface area contributed by atoms with Crippen LogP contribution in [0, 0.1) is 35.0 Å². The molecule has 1 aliphatic rings. The summed E-state index contributed by atoms with van der Waals surface area (Å²) in [6.45, 7) is 2.62. The maximum Gasteiger partial charge on any atom is 0.429 e. The monoisotopic (exact) mass is 436 g/mol. The van der Waals surface area contributed by atoms with Crippen molar-refractivity contribution in [2.75, 3.05) is 6.61 Å². The lowest BCUT2D eigenvalue weighted by Crippen LogP contribution is -2.26. The molecule has 2 atom stereocenters. The van der Waals surface area contributed by atoms with Gasteiger partial charge in [-0.1, -0.05) is 13.0 Å². The molecule has 0 radical (unpaired) electrons. The molecule has 0 aromatic heterocycles. The topological polar surface area (TPSA) is 18.5 Å². The molecular weight excluding hydrogens is 417 g/mol. The first kappa shape index (κ1) is 22.4. The van der Waals surface area contributed by atoms with Gasteiger partial charge in [0, 0.05) is 18.7 Å². The molecule has 1 heterocycles. The number of halogens is 7.